The van der Waals surface area contributed by atoms with E-state index in [1.54, 1.807) is 6.92 Å². The number of hydrogen-bond donors (Lipinski definition) is 1. The maximum Gasteiger partial charge on any atom is 0.342 e. The molecular formula is C30H34O10. The van der Waals surface area contributed by atoms with Crippen molar-refractivity contribution < 1.29 is 48.0 Å². The minimum Gasteiger partial charge on any atom is -0.458 e. The molecule has 0 aromatic heterocycles. The normalized spacial score (nSPS) is 56.6. The molecule has 10 nitrogen and oxygen atoms in total. The van der Waals surface area contributed by atoms with Gasteiger partial charge in [0.15, 0.2) is 22.6 Å². The Bertz CT molecular complexity index is 1370. The second-order valence-corrected chi connectivity index (χ2v) is 13.8. The zero-order chi connectivity index (χ0) is 28.3. The van der Waals surface area contributed by atoms with Gasteiger partial charge in [-0.2, -0.15) is 0 Å². The highest BCUT2D eigenvalue weighted by Gasteiger charge is 2.93. The summed E-state index contributed by atoms with van der Waals surface area (Å²) >= 11 is 0. The van der Waals surface area contributed by atoms with Crippen molar-refractivity contribution in [3.63, 3.8) is 0 Å². The summed E-state index contributed by atoms with van der Waals surface area (Å²) in [6, 6.07) is 0. The van der Waals surface area contributed by atoms with E-state index in [-0.39, 0.29) is 24.7 Å². The average molecular weight is 555 g/mol. The van der Waals surface area contributed by atoms with Crippen LogP contribution in [0.4, 0.5) is 0 Å². The number of Topliss-reactive ketones (excluding diaryl/α,β-unsaturated/α-hetero) is 1. The first kappa shape index (κ1) is 25.2. The second kappa shape index (κ2) is 7.07. The van der Waals surface area contributed by atoms with Gasteiger partial charge < -0.3 is 28.8 Å². The number of rotatable bonds is 1. The first-order chi connectivity index (χ1) is 18.8. The third kappa shape index (κ3) is 2.33. The number of allylic oxidation sites excluding steroid dienone is 2. The number of ketones is 1. The minimum absolute atomic E-state index is 0.0246. The maximum atomic E-state index is 15.0. The van der Waals surface area contributed by atoms with Crippen LogP contribution in [0, 0.1) is 34.5 Å². The second-order valence-electron chi connectivity index (χ2n) is 13.8. The van der Waals surface area contributed by atoms with E-state index in [1.165, 1.54) is 6.92 Å². The molecule has 40 heavy (non-hydrogen) atoms. The Morgan fingerprint density at radius 2 is 1.93 bits per heavy atom. The first-order valence-electron chi connectivity index (χ1n) is 14.4. The molecule has 0 aromatic carbocycles. The van der Waals surface area contributed by atoms with E-state index < -0.39 is 81.3 Å². The van der Waals surface area contributed by atoms with Crippen LogP contribution in [-0.2, 0) is 42.9 Å². The molecule has 1 N–H and O–H groups in total. The quantitative estimate of drug-likeness (QED) is 0.291. The van der Waals surface area contributed by atoms with Gasteiger partial charge >= 0.3 is 17.9 Å². The van der Waals surface area contributed by atoms with Gasteiger partial charge in [-0.15, -0.1) is 0 Å². The summed E-state index contributed by atoms with van der Waals surface area (Å²) in [5.41, 5.74) is -6.18. The predicted octanol–water partition coefficient (Wildman–Crippen LogP) is 1.92. The number of fused-ring (bicyclic) bond motifs is 5. The smallest absolute Gasteiger partial charge is 0.342 e. The van der Waals surface area contributed by atoms with Gasteiger partial charge in [-0.3, -0.25) is 14.4 Å². The largest absolute Gasteiger partial charge is 0.458 e. The van der Waals surface area contributed by atoms with Gasteiger partial charge in [-0.25, -0.2) is 4.79 Å². The lowest BCUT2D eigenvalue weighted by Crippen LogP contribution is -2.79. The van der Waals surface area contributed by atoms with Crippen LogP contribution in [0.1, 0.15) is 59.8 Å². The third-order valence-corrected chi connectivity index (χ3v) is 12.4. The van der Waals surface area contributed by atoms with Gasteiger partial charge in [0.1, 0.15) is 12.2 Å². The molecule has 2 spiro atoms. The van der Waals surface area contributed by atoms with Crippen molar-refractivity contribution in [2.45, 2.75) is 94.6 Å². The summed E-state index contributed by atoms with van der Waals surface area (Å²) < 4.78 is 31.2. The lowest BCUT2D eigenvalue weighted by Gasteiger charge is -2.63. The van der Waals surface area contributed by atoms with E-state index in [1.807, 2.05) is 26.0 Å². The lowest BCUT2D eigenvalue weighted by atomic mass is 9.46. The summed E-state index contributed by atoms with van der Waals surface area (Å²) in [7, 11) is 0. The standard InChI is InChI=1S/C30H34O10/c1-14(31)37-19-7-5-6-15-8-9-17-16(26(15,19)3)10-11-28(35)24(34)39-27(4)20-12-25(2)18(23(33)38-20)13-36-29(17)22(32)21(25)30(27,28)40-29/h5,7-8,16-21,35H,6,9-13H2,1-4H3/t16-,17+,18-,19-,20+,21-,25+,26-,27-,28+,29+,30-/m0/s1. The fourth-order valence-electron chi connectivity index (χ4n) is 10.5. The highest BCUT2D eigenvalue weighted by molar-refractivity contribution is 5.99. The molecule has 0 radical (unpaired) electrons. The van der Waals surface area contributed by atoms with Crippen molar-refractivity contribution in [1.29, 1.82) is 0 Å². The topological polar surface area (TPSA) is 135 Å². The van der Waals surface area contributed by atoms with Crippen LogP contribution in [0.15, 0.2) is 23.8 Å². The van der Waals surface area contributed by atoms with Gasteiger partial charge in [0.05, 0.1) is 18.4 Å². The van der Waals surface area contributed by atoms with Crippen LogP contribution in [-0.4, -0.2) is 70.2 Å². The Labute approximate surface area is 231 Å². The van der Waals surface area contributed by atoms with Gasteiger partial charge in [0.25, 0.3) is 0 Å². The molecule has 12 atom stereocenters. The van der Waals surface area contributed by atoms with Gasteiger partial charge in [-0.05, 0) is 56.4 Å². The zero-order valence-corrected chi connectivity index (χ0v) is 23.1. The molecule has 8 aliphatic rings. The molecule has 0 amide bonds. The molecule has 10 heteroatoms. The Kier molecular flexibility index (Phi) is 4.45. The first-order valence-corrected chi connectivity index (χ1v) is 14.4. The fraction of sp³-hybridized carbons (Fsp3) is 0.733. The Balaban J connectivity index is 1.39. The van der Waals surface area contributed by atoms with E-state index in [0.29, 0.717) is 25.7 Å². The maximum absolute atomic E-state index is 15.0. The number of aliphatic hydroxyl groups is 1. The minimum atomic E-state index is -2.18. The van der Waals surface area contributed by atoms with Crippen molar-refractivity contribution in [3.8, 4) is 0 Å². The van der Waals surface area contributed by atoms with E-state index in [2.05, 4.69) is 6.08 Å². The number of hydrogen-bond acceptors (Lipinski definition) is 10. The Hall–Kier alpha value is -2.56. The van der Waals surface area contributed by atoms with Crippen LogP contribution >= 0.6 is 0 Å². The van der Waals surface area contributed by atoms with E-state index >= 15 is 4.79 Å². The summed E-state index contributed by atoms with van der Waals surface area (Å²) in [5.74, 6) is -6.62. The van der Waals surface area contributed by atoms with E-state index in [9.17, 15) is 19.5 Å². The van der Waals surface area contributed by atoms with Crippen molar-refractivity contribution in [3.05, 3.63) is 23.8 Å². The van der Waals surface area contributed by atoms with Crippen molar-refractivity contribution in [1.82, 2.24) is 0 Å². The zero-order valence-electron chi connectivity index (χ0n) is 23.1. The van der Waals surface area contributed by atoms with Crippen LogP contribution in [0.2, 0.25) is 0 Å². The molecule has 5 bridgehead atoms. The van der Waals surface area contributed by atoms with Crippen LogP contribution in [0.3, 0.4) is 0 Å². The summed E-state index contributed by atoms with van der Waals surface area (Å²) in [4.78, 5) is 54.4. The molecule has 3 aliphatic carbocycles. The molecule has 6 fully saturated rings. The SMILES string of the molecule is CC(=O)O[C@H]1C=CCC2=CC[C@@H]3[C@H](CC[C@@]4(O)C(=O)O[C@@]5(C)[C@H]6C[C@]7(C)[C@@H](CO[C@@]38O[C@]45[C@H]7C8=O)C(=O)O6)[C@]21C. The number of carbonyl (C=O) groups excluding carboxylic acids is 4. The van der Waals surface area contributed by atoms with Gasteiger partial charge in [-0.1, -0.05) is 31.6 Å². The van der Waals surface area contributed by atoms with Gasteiger partial charge in [0, 0.05) is 18.3 Å². The molecule has 214 valence electrons. The van der Waals surface area contributed by atoms with Crippen LogP contribution in [0.5, 0.6) is 0 Å². The third-order valence-electron chi connectivity index (χ3n) is 12.4. The van der Waals surface area contributed by atoms with Crippen molar-refractivity contribution >= 4 is 23.7 Å². The number of esters is 3. The lowest BCUT2D eigenvalue weighted by molar-refractivity contribution is -0.375. The van der Waals surface area contributed by atoms with Crippen molar-refractivity contribution in [2.75, 3.05) is 6.61 Å². The number of carbonyl (C=O) groups is 4. The number of ether oxygens (including phenoxy) is 5. The molecular weight excluding hydrogens is 520 g/mol. The van der Waals surface area contributed by atoms with E-state index in [4.69, 9.17) is 23.7 Å². The highest BCUT2D eigenvalue weighted by Crippen LogP contribution is 2.75. The average Bonchev–Trinajstić information content (AvgIpc) is 3.20. The Morgan fingerprint density at radius 1 is 1.15 bits per heavy atom. The highest BCUT2D eigenvalue weighted by atomic mass is 16.8. The molecule has 5 saturated heterocycles. The summed E-state index contributed by atoms with van der Waals surface area (Å²) in [5, 5.41) is 12.5. The monoisotopic (exact) mass is 554 g/mol. The molecule has 5 heterocycles. The molecule has 1 saturated carbocycles. The van der Waals surface area contributed by atoms with Crippen molar-refractivity contribution in [2.24, 2.45) is 34.5 Å². The van der Waals surface area contributed by atoms with Gasteiger partial charge in [0.2, 0.25) is 5.79 Å². The van der Waals surface area contributed by atoms with E-state index in [0.717, 1.165) is 5.57 Å². The summed E-state index contributed by atoms with van der Waals surface area (Å²) in [6.45, 7) is 6.81. The van der Waals surface area contributed by atoms with Crippen LogP contribution < -0.4 is 0 Å². The molecule has 5 aliphatic heterocycles. The fourth-order valence-corrected chi connectivity index (χ4v) is 10.5. The Morgan fingerprint density at radius 3 is 2.67 bits per heavy atom. The molecule has 0 unspecified atom stereocenters. The predicted molar refractivity (Wildman–Crippen MR) is 133 cm³/mol. The molecule has 8 rings (SSSR count). The summed E-state index contributed by atoms with van der Waals surface area (Å²) in [6.07, 6.45) is 6.20. The molecule has 0 aromatic rings. The van der Waals surface area contributed by atoms with Crippen LogP contribution in [0.25, 0.3) is 0 Å².